The van der Waals surface area contributed by atoms with Crippen molar-refractivity contribution in [2.75, 3.05) is 0 Å². The normalized spacial score (nSPS) is 10.8. The summed E-state index contributed by atoms with van der Waals surface area (Å²) in [6.45, 7) is 1.82. The molecule has 0 aliphatic rings. The van der Waals surface area contributed by atoms with Gasteiger partial charge in [0.25, 0.3) is 0 Å². The molecule has 0 aliphatic heterocycles. The van der Waals surface area contributed by atoms with Crippen LogP contribution in [-0.4, -0.2) is 31.2 Å². The molecule has 20 heavy (non-hydrogen) atoms. The minimum atomic E-state index is -0.987. The number of benzene rings is 1. The average molecular weight is 286 g/mol. The number of nitrogens with one attached hydrogen (secondary N) is 1. The van der Waals surface area contributed by atoms with Crippen LogP contribution in [0.2, 0.25) is 0 Å². The van der Waals surface area contributed by atoms with Crippen LogP contribution in [0.3, 0.4) is 0 Å². The number of aromatic amines is 1. The van der Waals surface area contributed by atoms with Crippen LogP contribution in [0.15, 0.2) is 40.6 Å². The Balaban J connectivity index is 2.12. The predicted octanol–water partition coefficient (Wildman–Crippen LogP) is 2.51. The van der Waals surface area contributed by atoms with Crippen molar-refractivity contribution in [1.29, 1.82) is 0 Å². The lowest BCUT2D eigenvalue weighted by Gasteiger charge is -2.05. The van der Waals surface area contributed by atoms with E-state index < -0.39 is 5.97 Å². The molecule has 1 aromatic carbocycles. The van der Waals surface area contributed by atoms with Gasteiger partial charge in [-0.1, -0.05) is 24.3 Å². The van der Waals surface area contributed by atoms with E-state index in [4.69, 9.17) is 0 Å². The summed E-state index contributed by atoms with van der Waals surface area (Å²) < 4.78 is 0. The van der Waals surface area contributed by atoms with Crippen molar-refractivity contribution in [3.05, 3.63) is 41.9 Å². The van der Waals surface area contributed by atoms with Gasteiger partial charge in [-0.3, -0.25) is 5.10 Å². The lowest BCUT2D eigenvalue weighted by Crippen LogP contribution is -1.99. The topological polar surface area (TPSA) is 91.8 Å². The third-order valence-electron chi connectivity index (χ3n) is 2.75. The van der Waals surface area contributed by atoms with Crippen molar-refractivity contribution in [3.63, 3.8) is 0 Å². The minimum absolute atomic E-state index is 0.191. The van der Waals surface area contributed by atoms with E-state index in [9.17, 15) is 9.90 Å². The second-order valence-corrected chi connectivity index (χ2v) is 5.09. The molecule has 2 heterocycles. The number of aryl methyl sites for hydroxylation is 1. The smallest absolute Gasteiger partial charge is 0.337 e. The number of hydrogen-bond donors (Lipinski definition) is 2. The first kappa shape index (κ1) is 12.6. The second kappa shape index (κ2) is 4.93. The highest BCUT2D eigenvalue weighted by atomic mass is 32.2. The maximum atomic E-state index is 11.2. The monoisotopic (exact) mass is 286 g/mol. The van der Waals surface area contributed by atoms with Gasteiger partial charge in [-0.25, -0.2) is 14.8 Å². The molecule has 0 spiro atoms. The molecule has 0 aliphatic carbocycles. The molecule has 3 rings (SSSR count). The molecule has 0 atom stereocenters. The van der Waals surface area contributed by atoms with Crippen molar-refractivity contribution in [2.24, 2.45) is 0 Å². The van der Waals surface area contributed by atoms with E-state index in [1.165, 1.54) is 18.0 Å². The molecule has 2 N–H and O–H groups in total. The number of pyridine rings is 1. The van der Waals surface area contributed by atoms with Gasteiger partial charge in [0.15, 0.2) is 0 Å². The summed E-state index contributed by atoms with van der Waals surface area (Å²) in [4.78, 5) is 19.6. The van der Waals surface area contributed by atoms with Crippen LogP contribution in [0.4, 0.5) is 0 Å². The number of nitrogens with zero attached hydrogens (tertiary/aromatic N) is 3. The lowest BCUT2D eigenvalue weighted by atomic mass is 10.1. The Morgan fingerprint density at radius 1 is 1.30 bits per heavy atom. The summed E-state index contributed by atoms with van der Waals surface area (Å²) in [5, 5.41) is 18.7. The number of carbonyl (C=O) groups is 1. The van der Waals surface area contributed by atoms with Crippen LogP contribution in [0.1, 0.15) is 16.2 Å². The number of aromatic carboxylic acids is 1. The first-order chi connectivity index (χ1) is 9.65. The molecule has 7 heteroatoms. The van der Waals surface area contributed by atoms with E-state index >= 15 is 0 Å². The Morgan fingerprint density at radius 2 is 2.05 bits per heavy atom. The summed E-state index contributed by atoms with van der Waals surface area (Å²) in [6, 6.07) is 7.27. The van der Waals surface area contributed by atoms with E-state index in [0.717, 1.165) is 11.2 Å². The van der Waals surface area contributed by atoms with E-state index in [-0.39, 0.29) is 5.56 Å². The molecule has 3 aromatic rings. The number of hydrogen-bond acceptors (Lipinski definition) is 5. The predicted molar refractivity (Wildman–Crippen MR) is 73.9 cm³/mol. The molecule has 0 saturated heterocycles. The molecule has 0 unspecified atom stereocenters. The summed E-state index contributed by atoms with van der Waals surface area (Å²) in [6.07, 6.45) is 1.37. The average Bonchev–Trinajstić information content (AvgIpc) is 2.84. The fraction of sp³-hybridized carbons (Fsp3) is 0.0769. The lowest BCUT2D eigenvalue weighted by molar-refractivity contribution is 0.0698. The molecular formula is C13H10N4O2S. The number of fused-ring (bicyclic) bond motifs is 1. The van der Waals surface area contributed by atoms with Crippen LogP contribution in [0.25, 0.3) is 10.8 Å². The minimum Gasteiger partial charge on any atom is -0.478 e. The van der Waals surface area contributed by atoms with Gasteiger partial charge < -0.3 is 5.11 Å². The quantitative estimate of drug-likeness (QED) is 0.768. The fourth-order valence-corrected chi connectivity index (χ4v) is 2.71. The van der Waals surface area contributed by atoms with E-state index in [1.54, 1.807) is 12.1 Å². The fourth-order valence-electron chi connectivity index (χ4n) is 1.87. The highest BCUT2D eigenvalue weighted by molar-refractivity contribution is 7.99. The Kier molecular flexibility index (Phi) is 3.11. The Labute approximate surface area is 118 Å². The number of rotatable bonds is 3. The van der Waals surface area contributed by atoms with Crippen LogP contribution in [0, 0.1) is 6.92 Å². The zero-order valence-corrected chi connectivity index (χ0v) is 11.3. The van der Waals surface area contributed by atoms with Crippen molar-refractivity contribution in [2.45, 2.75) is 17.1 Å². The second-order valence-electron chi connectivity index (χ2n) is 4.13. The van der Waals surface area contributed by atoms with Gasteiger partial charge in [0, 0.05) is 17.0 Å². The van der Waals surface area contributed by atoms with Crippen LogP contribution >= 0.6 is 11.8 Å². The van der Waals surface area contributed by atoms with Crippen molar-refractivity contribution in [3.8, 4) is 0 Å². The Hall–Kier alpha value is -2.41. The molecular weight excluding hydrogens is 276 g/mol. The maximum Gasteiger partial charge on any atom is 0.337 e. The molecule has 0 bridgehead atoms. The summed E-state index contributed by atoms with van der Waals surface area (Å²) >= 11 is 1.30. The van der Waals surface area contributed by atoms with Crippen molar-refractivity contribution >= 4 is 28.5 Å². The number of carboxylic acids is 1. The van der Waals surface area contributed by atoms with Gasteiger partial charge in [-0.05, 0) is 18.7 Å². The highest BCUT2D eigenvalue weighted by Gasteiger charge is 2.14. The maximum absolute atomic E-state index is 11.2. The van der Waals surface area contributed by atoms with Gasteiger partial charge >= 0.3 is 5.97 Å². The van der Waals surface area contributed by atoms with Crippen LogP contribution < -0.4 is 0 Å². The highest BCUT2D eigenvalue weighted by Crippen LogP contribution is 2.31. The molecule has 100 valence electrons. The SMILES string of the molecule is Cc1nc(Sc2ncc(C(=O)O)c3ccccc23)n[nH]1. The van der Waals surface area contributed by atoms with E-state index in [2.05, 4.69) is 20.2 Å². The van der Waals surface area contributed by atoms with Gasteiger partial charge in [-0.2, -0.15) is 0 Å². The number of H-pyrrole nitrogens is 1. The Morgan fingerprint density at radius 3 is 2.70 bits per heavy atom. The van der Waals surface area contributed by atoms with E-state index in [1.807, 2.05) is 19.1 Å². The van der Waals surface area contributed by atoms with Crippen LogP contribution in [-0.2, 0) is 0 Å². The molecule has 0 saturated carbocycles. The largest absolute Gasteiger partial charge is 0.478 e. The van der Waals surface area contributed by atoms with E-state index in [0.29, 0.717) is 15.6 Å². The molecule has 0 fully saturated rings. The summed E-state index contributed by atoms with van der Waals surface area (Å²) in [7, 11) is 0. The van der Waals surface area contributed by atoms with Crippen LogP contribution in [0.5, 0.6) is 0 Å². The zero-order chi connectivity index (χ0) is 14.1. The number of carboxylic acid groups (broad SMARTS) is 1. The molecule has 0 radical (unpaired) electrons. The van der Waals surface area contributed by atoms with Crippen molar-refractivity contribution in [1.82, 2.24) is 20.2 Å². The third kappa shape index (κ3) is 2.23. The zero-order valence-electron chi connectivity index (χ0n) is 10.5. The standard InChI is InChI=1S/C13H10N4O2S/c1-7-15-13(17-16-7)20-11-9-5-3-2-4-8(9)10(6-14-11)12(18)19/h2-6H,1H3,(H,18,19)(H,15,16,17). The molecule has 6 nitrogen and oxygen atoms in total. The number of aromatic nitrogens is 4. The first-order valence-electron chi connectivity index (χ1n) is 5.83. The van der Waals surface area contributed by atoms with Gasteiger partial charge in [0.1, 0.15) is 10.9 Å². The first-order valence-corrected chi connectivity index (χ1v) is 6.64. The van der Waals surface area contributed by atoms with Gasteiger partial charge in [-0.15, -0.1) is 5.10 Å². The van der Waals surface area contributed by atoms with Gasteiger partial charge in [0.05, 0.1) is 5.56 Å². The summed E-state index contributed by atoms with van der Waals surface area (Å²) in [5.41, 5.74) is 0.191. The van der Waals surface area contributed by atoms with Crippen molar-refractivity contribution < 1.29 is 9.90 Å². The van der Waals surface area contributed by atoms with Gasteiger partial charge in [0.2, 0.25) is 5.16 Å². The summed E-state index contributed by atoms with van der Waals surface area (Å²) in [5.74, 6) is -0.266. The third-order valence-corrected chi connectivity index (χ3v) is 3.64. The molecule has 2 aromatic heterocycles. The molecule has 0 amide bonds. The Bertz CT molecular complexity index is 800.